The molecule has 0 radical (unpaired) electrons. The molecule has 0 saturated heterocycles. The van der Waals surface area contributed by atoms with Crippen molar-refractivity contribution in [3.05, 3.63) is 29.8 Å². The van der Waals surface area contributed by atoms with E-state index in [1.54, 1.807) is 0 Å². The molecular weight excluding hydrogens is 210 g/mol. The fourth-order valence-electron chi connectivity index (χ4n) is 1.37. The van der Waals surface area contributed by atoms with Gasteiger partial charge in [-0.25, -0.2) is 0 Å². The lowest BCUT2D eigenvalue weighted by atomic mass is 10.1. The smallest absolute Gasteiger partial charge is 0.119 e. The van der Waals surface area contributed by atoms with Crippen LogP contribution in [-0.4, -0.2) is 32.1 Å². The van der Waals surface area contributed by atoms with Crippen LogP contribution in [-0.2, 0) is 0 Å². The third-order valence-electron chi connectivity index (χ3n) is 2.08. The molecule has 0 aliphatic heterocycles. The van der Waals surface area contributed by atoms with Gasteiger partial charge < -0.3 is 9.64 Å². The normalized spacial score (nSPS) is 12.9. The molecule has 1 unspecified atom stereocenters. The Labute approximate surface area is 96.8 Å². The molecule has 0 bridgehead atoms. The van der Waals surface area contributed by atoms with Gasteiger partial charge in [-0.3, -0.25) is 0 Å². The summed E-state index contributed by atoms with van der Waals surface area (Å²) in [5, 5.41) is 0.0377. The van der Waals surface area contributed by atoms with Gasteiger partial charge in [-0.2, -0.15) is 0 Å². The summed E-state index contributed by atoms with van der Waals surface area (Å²) in [6.45, 7) is 3.52. The summed E-state index contributed by atoms with van der Waals surface area (Å²) in [6.07, 6.45) is 0. The van der Waals surface area contributed by atoms with E-state index in [0.29, 0.717) is 6.61 Å². The summed E-state index contributed by atoms with van der Waals surface area (Å²) in [5.74, 6) is 0.898. The van der Waals surface area contributed by atoms with Gasteiger partial charge in [0, 0.05) is 6.54 Å². The van der Waals surface area contributed by atoms with Gasteiger partial charge in [0.05, 0.1) is 12.0 Å². The van der Waals surface area contributed by atoms with Crippen LogP contribution in [0.3, 0.4) is 0 Å². The van der Waals surface area contributed by atoms with E-state index in [9.17, 15) is 0 Å². The molecule has 15 heavy (non-hydrogen) atoms. The van der Waals surface area contributed by atoms with Gasteiger partial charge in [0.1, 0.15) is 5.75 Å². The van der Waals surface area contributed by atoms with Crippen molar-refractivity contribution in [2.75, 3.05) is 27.2 Å². The lowest BCUT2D eigenvalue weighted by Gasteiger charge is -2.15. The van der Waals surface area contributed by atoms with Crippen LogP contribution in [0.1, 0.15) is 17.9 Å². The second-order valence-electron chi connectivity index (χ2n) is 3.73. The largest absolute Gasteiger partial charge is 0.494 e. The molecule has 2 nitrogen and oxygen atoms in total. The van der Waals surface area contributed by atoms with E-state index in [1.807, 2.05) is 45.3 Å². The lowest BCUT2D eigenvalue weighted by Crippen LogP contribution is -2.17. The van der Waals surface area contributed by atoms with Crippen molar-refractivity contribution in [3.63, 3.8) is 0 Å². The van der Waals surface area contributed by atoms with Gasteiger partial charge in [-0.05, 0) is 38.7 Å². The molecule has 0 aromatic heterocycles. The Balaban J connectivity index is 2.62. The third kappa shape index (κ3) is 4.10. The highest BCUT2D eigenvalue weighted by molar-refractivity contribution is 6.21. The molecule has 3 heteroatoms. The van der Waals surface area contributed by atoms with Crippen LogP contribution in [0, 0.1) is 0 Å². The van der Waals surface area contributed by atoms with Gasteiger partial charge in [0.25, 0.3) is 0 Å². The maximum absolute atomic E-state index is 6.25. The van der Waals surface area contributed by atoms with Gasteiger partial charge in [-0.1, -0.05) is 12.1 Å². The molecule has 0 saturated carbocycles. The van der Waals surface area contributed by atoms with Gasteiger partial charge in [0.2, 0.25) is 0 Å². The zero-order valence-electron chi connectivity index (χ0n) is 9.53. The first-order valence-electron chi connectivity index (χ1n) is 5.15. The summed E-state index contributed by atoms with van der Waals surface area (Å²) >= 11 is 6.25. The summed E-state index contributed by atoms with van der Waals surface area (Å²) in [4.78, 5) is 2.08. The molecule has 1 atom stereocenters. The maximum atomic E-state index is 6.25. The molecule has 0 spiro atoms. The van der Waals surface area contributed by atoms with E-state index >= 15 is 0 Å². The fraction of sp³-hybridized carbons (Fsp3) is 0.500. The highest BCUT2D eigenvalue weighted by atomic mass is 35.5. The molecule has 0 heterocycles. The predicted octanol–water partition coefficient (Wildman–Crippen LogP) is 2.93. The molecule has 0 aliphatic rings. The predicted molar refractivity (Wildman–Crippen MR) is 64.8 cm³/mol. The summed E-state index contributed by atoms with van der Waals surface area (Å²) in [5.41, 5.74) is 1.13. The van der Waals surface area contributed by atoms with Crippen molar-refractivity contribution in [2.24, 2.45) is 0 Å². The van der Waals surface area contributed by atoms with Crippen LogP contribution in [0.15, 0.2) is 24.3 Å². The summed E-state index contributed by atoms with van der Waals surface area (Å²) < 4.78 is 5.37. The Morgan fingerprint density at radius 2 is 1.87 bits per heavy atom. The Hall–Kier alpha value is -0.730. The Kier molecular flexibility index (Phi) is 4.92. The quantitative estimate of drug-likeness (QED) is 0.718. The van der Waals surface area contributed by atoms with E-state index in [4.69, 9.17) is 16.3 Å². The second kappa shape index (κ2) is 5.99. The monoisotopic (exact) mass is 227 g/mol. The van der Waals surface area contributed by atoms with Crippen LogP contribution in [0.5, 0.6) is 5.75 Å². The molecule has 84 valence electrons. The highest BCUT2D eigenvalue weighted by Crippen LogP contribution is 2.23. The van der Waals surface area contributed by atoms with Crippen molar-refractivity contribution >= 4 is 11.6 Å². The minimum absolute atomic E-state index is 0.0377. The van der Waals surface area contributed by atoms with Crippen molar-refractivity contribution in [1.29, 1.82) is 0 Å². The van der Waals surface area contributed by atoms with Crippen LogP contribution in [0.4, 0.5) is 0 Å². The number of hydrogen-bond donors (Lipinski definition) is 0. The van der Waals surface area contributed by atoms with E-state index < -0.39 is 0 Å². The first kappa shape index (κ1) is 12.3. The van der Waals surface area contributed by atoms with E-state index in [2.05, 4.69) is 4.90 Å². The Morgan fingerprint density at radius 1 is 1.27 bits per heavy atom. The lowest BCUT2D eigenvalue weighted by molar-refractivity contribution is 0.340. The van der Waals surface area contributed by atoms with Gasteiger partial charge in [0.15, 0.2) is 0 Å². The number of ether oxygens (including phenoxy) is 1. The second-order valence-corrected chi connectivity index (χ2v) is 4.26. The van der Waals surface area contributed by atoms with Crippen molar-refractivity contribution in [1.82, 2.24) is 4.90 Å². The molecule has 1 rings (SSSR count). The number of alkyl halides is 1. The van der Waals surface area contributed by atoms with Crippen molar-refractivity contribution in [3.8, 4) is 5.75 Å². The molecule has 0 aliphatic carbocycles. The molecule has 0 fully saturated rings. The molecule has 0 amide bonds. The standard InChI is InChI=1S/C12H18ClNO/c1-4-15-11-7-5-10(6-8-11)12(13)9-14(2)3/h5-8,12H,4,9H2,1-3H3. The number of halogens is 1. The number of benzene rings is 1. The van der Waals surface area contributed by atoms with E-state index in [1.165, 1.54) is 0 Å². The third-order valence-corrected chi connectivity index (χ3v) is 2.47. The van der Waals surface area contributed by atoms with Gasteiger partial charge in [-0.15, -0.1) is 11.6 Å². The van der Waals surface area contributed by atoms with Crippen LogP contribution in [0.2, 0.25) is 0 Å². The topological polar surface area (TPSA) is 12.5 Å². The summed E-state index contributed by atoms with van der Waals surface area (Å²) in [7, 11) is 4.04. The minimum atomic E-state index is 0.0377. The number of likely N-dealkylation sites (N-methyl/N-ethyl adjacent to an activating group) is 1. The van der Waals surface area contributed by atoms with E-state index in [-0.39, 0.29) is 5.38 Å². The van der Waals surface area contributed by atoms with E-state index in [0.717, 1.165) is 17.9 Å². The fourth-order valence-corrected chi connectivity index (χ4v) is 1.79. The first-order chi connectivity index (χ1) is 7.13. The maximum Gasteiger partial charge on any atom is 0.119 e. The minimum Gasteiger partial charge on any atom is -0.494 e. The zero-order chi connectivity index (χ0) is 11.3. The molecule has 1 aromatic rings. The number of hydrogen-bond acceptors (Lipinski definition) is 2. The highest BCUT2D eigenvalue weighted by Gasteiger charge is 2.08. The SMILES string of the molecule is CCOc1ccc(C(Cl)CN(C)C)cc1. The molecular formula is C12H18ClNO. The summed E-state index contributed by atoms with van der Waals surface area (Å²) in [6, 6.07) is 7.96. The van der Waals surface area contributed by atoms with Crippen molar-refractivity contribution < 1.29 is 4.74 Å². The van der Waals surface area contributed by atoms with Crippen LogP contribution in [0.25, 0.3) is 0 Å². The van der Waals surface area contributed by atoms with Gasteiger partial charge >= 0.3 is 0 Å². The number of nitrogens with zero attached hydrogens (tertiary/aromatic N) is 1. The van der Waals surface area contributed by atoms with Crippen LogP contribution >= 0.6 is 11.6 Å². The molecule has 0 N–H and O–H groups in total. The Bertz CT molecular complexity index is 284. The zero-order valence-corrected chi connectivity index (χ0v) is 10.3. The van der Waals surface area contributed by atoms with Crippen molar-refractivity contribution in [2.45, 2.75) is 12.3 Å². The first-order valence-corrected chi connectivity index (χ1v) is 5.58. The van der Waals surface area contributed by atoms with Crippen LogP contribution < -0.4 is 4.74 Å². The number of rotatable bonds is 5. The average molecular weight is 228 g/mol. The molecule has 1 aromatic carbocycles. The Morgan fingerprint density at radius 3 is 2.33 bits per heavy atom. The average Bonchev–Trinajstić information content (AvgIpc) is 2.18.